The molecule has 1 aromatic carbocycles. The average Bonchev–Trinajstić information content (AvgIpc) is 3.33. The number of nitrogens with zero attached hydrogens (tertiary/aromatic N) is 2. The van der Waals surface area contributed by atoms with Crippen molar-refractivity contribution in [3.8, 4) is 5.75 Å². The van der Waals surface area contributed by atoms with E-state index in [-0.39, 0.29) is 31.1 Å². The number of rotatable bonds is 6. The molecule has 0 amide bonds. The summed E-state index contributed by atoms with van der Waals surface area (Å²) < 4.78 is 38.3. The van der Waals surface area contributed by atoms with Crippen molar-refractivity contribution in [3.63, 3.8) is 0 Å². The van der Waals surface area contributed by atoms with E-state index in [1.165, 1.54) is 12.8 Å². The summed E-state index contributed by atoms with van der Waals surface area (Å²) in [6, 6.07) is 7.84. The highest BCUT2D eigenvalue weighted by Gasteiger charge is 2.35. The molecule has 2 atom stereocenters. The summed E-state index contributed by atoms with van der Waals surface area (Å²) in [6.07, 6.45) is 5.34. The summed E-state index contributed by atoms with van der Waals surface area (Å²) in [5.74, 6) is -1.48. The Morgan fingerprint density at radius 2 is 1.81 bits per heavy atom. The van der Waals surface area contributed by atoms with Crippen LogP contribution in [0.2, 0.25) is 0 Å². The summed E-state index contributed by atoms with van der Waals surface area (Å²) in [5.41, 5.74) is 1.12. The first kappa shape index (κ1) is 18.8. The Bertz CT molecular complexity index is 634. The van der Waals surface area contributed by atoms with Gasteiger partial charge in [-0.05, 0) is 62.4 Å². The van der Waals surface area contributed by atoms with Gasteiger partial charge in [0.25, 0.3) is 0 Å². The molecule has 1 saturated carbocycles. The third-order valence-corrected chi connectivity index (χ3v) is 5.85. The topological polar surface area (TPSA) is 34.1 Å². The molecule has 0 N–H and O–H groups in total. The highest BCUT2D eigenvalue weighted by Crippen LogP contribution is 2.41. The molecule has 1 unspecified atom stereocenters. The van der Waals surface area contributed by atoms with Crippen molar-refractivity contribution in [3.05, 3.63) is 29.8 Å². The van der Waals surface area contributed by atoms with Gasteiger partial charge in [-0.15, -0.1) is 0 Å². The number of alkyl halides is 2. The third kappa shape index (κ3) is 5.05. The monoisotopic (exact) mass is 378 g/mol. The van der Waals surface area contributed by atoms with Crippen molar-refractivity contribution in [1.29, 1.82) is 0 Å². The van der Waals surface area contributed by atoms with Crippen molar-refractivity contribution in [2.24, 2.45) is 4.99 Å². The first-order chi connectivity index (χ1) is 13.1. The van der Waals surface area contributed by atoms with E-state index in [1.54, 1.807) is 0 Å². The van der Waals surface area contributed by atoms with Crippen LogP contribution in [-0.4, -0.2) is 55.6 Å². The quantitative estimate of drug-likeness (QED) is 0.742. The van der Waals surface area contributed by atoms with Crippen LogP contribution in [0.5, 0.6) is 5.75 Å². The molecule has 148 valence electrons. The standard InChI is InChI=1S/C21H28F2N2O2/c22-21(23)9-7-17(8-10-21)16-3-5-18(6-4-16)26-15-20-24-13-19(27-20)14-25-11-1-2-12-25/h3-6,13,17,19-20H,1-2,7-12,14-15H2/t19?,20-/m0/s1. The summed E-state index contributed by atoms with van der Waals surface area (Å²) in [5, 5.41) is 0. The van der Waals surface area contributed by atoms with E-state index < -0.39 is 5.92 Å². The zero-order chi connectivity index (χ0) is 18.7. The van der Waals surface area contributed by atoms with Crippen LogP contribution in [0.4, 0.5) is 8.78 Å². The van der Waals surface area contributed by atoms with Crippen LogP contribution in [0.3, 0.4) is 0 Å². The van der Waals surface area contributed by atoms with E-state index in [0.29, 0.717) is 19.4 Å². The second-order valence-corrected chi connectivity index (χ2v) is 7.95. The lowest BCUT2D eigenvalue weighted by Gasteiger charge is -2.28. The minimum atomic E-state index is -2.48. The van der Waals surface area contributed by atoms with Crippen LogP contribution in [-0.2, 0) is 4.74 Å². The van der Waals surface area contributed by atoms with Crippen LogP contribution in [0.25, 0.3) is 0 Å². The molecule has 4 rings (SSSR count). The molecule has 6 heteroatoms. The van der Waals surface area contributed by atoms with Crippen LogP contribution in [0, 0.1) is 0 Å². The predicted molar refractivity (Wildman–Crippen MR) is 101 cm³/mol. The summed E-state index contributed by atoms with van der Waals surface area (Å²) in [7, 11) is 0. The smallest absolute Gasteiger partial charge is 0.248 e. The van der Waals surface area contributed by atoms with Crippen molar-refractivity contribution in [1.82, 2.24) is 4.90 Å². The Hall–Kier alpha value is -1.53. The Kier molecular flexibility index (Phi) is 5.74. The number of likely N-dealkylation sites (tertiary alicyclic amines) is 1. The van der Waals surface area contributed by atoms with Gasteiger partial charge in [0.1, 0.15) is 18.5 Å². The molecular weight excluding hydrogens is 350 g/mol. The molecular formula is C21H28F2N2O2. The maximum atomic E-state index is 13.3. The summed E-state index contributed by atoms with van der Waals surface area (Å²) >= 11 is 0. The molecule has 27 heavy (non-hydrogen) atoms. The van der Waals surface area contributed by atoms with Gasteiger partial charge in [-0.3, -0.25) is 4.99 Å². The molecule has 2 fully saturated rings. The van der Waals surface area contributed by atoms with E-state index in [0.717, 1.165) is 30.9 Å². The first-order valence-electron chi connectivity index (χ1n) is 10.1. The number of hydrogen-bond acceptors (Lipinski definition) is 4. The van der Waals surface area contributed by atoms with E-state index in [2.05, 4.69) is 9.89 Å². The van der Waals surface area contributed by atoms with E-state index in [9.17, 15) is 8.78 Å². The van der Waals surface area contributed by atoms with E-state index in [4.69, 9.17) is 9.47 Å². The largest absolute Gasteiger partial charge is 0.489 e. The number of halogens is 2. The summed E-state index contributed by atoms with van der Waals surface area (Å²) in [6.45, 7) is 3.61. The highest BCUT2D eigenvalue weighted by atomic mass is 19.3. The molecule has 1 saturated heterocycles. The zero-order valence-electron chi connectivity index (χ0n) is 15.7. The number of ether oxygens (including phenoxy) is 2. The van der Waals surface area contributed by atoms with Gasteiger partial charge in [-0.25, -0.2) is 8.78 Å². The molecule has 4 nitrogen and oxygen atoms in total. The fourth-order valence-electron chi connectivity index (χ4n) is 4.23. The number of hydrogen-bond donors (Lipinski definition) is 0. The lowest BCUT2D eigenvalue weighted by atomic mass is 9.82. The fourth-order valence-corrected chi connectivity index (χ4v) is 4.23. The van der Waals surface area contributed by atoms with E-state index >= 15 is 0 Å². The van der Waals surface area contributed by atoms with Crippen LogP contribution in [0.1, 0.15) is 50.0 Å². The molecule has 2 heterocycles. The molecule has 0 aromatic heterocycles. The highest BCUT2D eigenvalue weighted by molar-refractivity contribution is 5.65. The first-order valence-corrected chi connectivity index (χ1v) is 10.1. The summed E-state index contributed by atoms with van der Waals surface area (Å²) in [4.78, 5) is 6.83. The van der Waals surface area contributed by atoms with E-state index in [1.807, 2.05) is 30.5 Å². The molecule has 0 radical (unpaired) electrons. The van der Waals surface area contributed by atoms with Crippen LogP contribution in [0.15, 0.2) is 29.3 Å². The number of benzene rings is 1. The molecule has 3 aliphatic rings. The molecule has 2 aliphatic heterocycles. The Morgan fingerprint density at radius 1 is 1.11 bits per heavy atom. The van der Waals surface area contributed by atoms with Crippen LogP contribution >= 0.6 is 0 Å². The van der Waals surface area contributed by atoms with Gasteiger partial charge in [0.05, 0.1) is 0 Å². The number of aliphatic imine (C=N–C) groups is 1. The van der Waals surface area contributed by atoms with Gasteiger partial charge in [0.15, 0.2) is 6.23 Å². The lowest BCUT2D eigenvalue weighted by molar-refractivity contribution is -0.0382. The Balaban J connectivity index is 1.21. The molecule has 0 spiro atoms. The van der Waals surface area contributed by atoms with Gasteiger partial charge < -0.3 is 14.4 Å². The second kappa shape index (κ2) is 8.23. The fraction of sp³-hybridized carbons (Fsp3) is 0.667. The zero-order valence-corrected chi connectivity index (χ0v) is 15.7. The predicted octanol–water partition coefficient (Wildman–Crippen LogP) is 4.25. The van der Waals surface area contributed by atoms with Crippen LogP contribution < -0.4 is 4.74 Å². The molecule has 0 bridgehead atoms. The SMILES string of the molecule is FC1(F)CCC(c2ccc(OC[C@H]3N=CC(CN4CCCC4)O3)cc2)CC1. The Labute approximate surface area is 159 Å². The van der Waals surface area contributed by atoms with Crippen molar-refractivity contribution in [2.75, 3.05) is 26.2 Å². The van der Waals surface area contributed by atoms with Crippen molar-refractivity contribution < 1.29 is 18.3 Å². The van der Waals surface area contributed by atoms with Gasteiger partial charge in [-0.1, -0.05) is 12.1 Å². The molecule has 1 aliphatic carbocycles. The van der Waals surface area contributed by atoms with Crippen molar-refractivity contribution >= 4 is 6.21 Å². The van der Waals surface area contributed by atoms with Gasteiger partial charge >= 0.3 is 0 Å². The minimum Gasteiger partial charge on any atom is -0.489 e. The Morgan fingerprint density at radius 3 is 2.52 bits per heavy atom. The maximum absolute atomic E-state index is 13.3. The normalized spacial score (nSPS) is 28.7. The second-order valence-electron chi connectivity index (χ2n) is 7.95. The third-order valence-electron chi connectivity index (χ3n) is 5.85. The molecule has 1 aromatic rings. The average molecular weight is 378 g/mol. The maximum Gasteiger partial charge on any atom is 0.248 e. The van der Waals surface area contributed by atoms with Gasteiger partial charge in [0, 0.05) is 25.6 Å². The van der Waals surface area contributed by atoms with Crippen molar-refractivity contribution in [2.45, 2.75) is 62.7 Å². The minimum absolute atomic E-state index is 0.00840. The lowest BCUT2D eigenvalue weighted by Crippen LogP contribution is -2.32. The van der Waals surface area contributed by atoms with Gasteiger partial charge in [0.2, 0.25) is 5.92 Å². The van der Waals surface area contributed by atoms with Gasteiger partial charge in [-0.2, -0.15) is 0 Å².